The molecule has 7 nitrogen and oxygen atoms in total. The molecule has 2 aromatic heterocycles. The van der Waals surface area contributed by atoms with Crippen LogP contribution in [0.2, 0.25) is 0 Å². The van der Waals surface area contributed by atoms with E-state index >= 15 is 0 Å². The van der Waals surface area contributed by atoms with Gasteiger partial charge in [0, 0.05) is 43.7 Å². The molecule has 0 bridgehead atoms. The summed E-state index contributed by atoms with van der Waals surface area (Å²) in [4.78, 5) is 18.6. The van der Waals surface area contributed by atoms with Gasteiger partial charge in [-0.2, -0.15) is 11.8 Å². The summed E-state index contributed by atoms with van der Waals surface area (Å²) in [6.45, 7) is 6.99. The first-order valence-electron chi connectivity index (χ1n) is 9.96. The van der Waals surface area contributed by atoms with Crippen LogP contribution in [0.5, 0.6) is 0 Å². The molecular weight excluding hydrogens is 406 g/mol. The first kappa shape index (κ1) is 23.7. The van der Waals surface area contributed by atoms with Crippen molar-refractivity contribution < 1.29 is 9.21 Å². The van der Waals surface area contributed by atoms with Crippen LogP contribution in [0, 0.1) is 6.92 Å². The molecule has 29 heavy (non-hydrogen) atoms. The Morgan fingerprint density at radius 3 is 2.83 bits per heavy atom. The van der Waals surface area contributed by atoms with Gasteiger partial charge in [0.25, 0.3) is 0 Å². The number of hydrogen-bond acceptors (Lipinski definition) is 6. The summed E-state index contributed by atoms with van der Waals surface area (Å²) in [7, 11) is 4.04. The van der Waals surface area contributed by atoms with E-state index in [0.717, 1.165) is 60.5 Å². The number of carbonyl (C=O) groups excluding carboxylic acids is 1. The molecule has 162 valence electrons. The van der Waals surface area contributed by atoms with E-state index < -0.39 is 0 Å². The Bertz CT molecular complexity index is 760. The van der Waals surface area contributed by atoms with Gasteiger partial charge in [0.2, 0.25) is 0 Å². The molecule has 0 spiro atoms. The standard InChI is InChI=1S/C20H33N5O2S2/c1-5-19-22-13-16(2)24(19)10-6-11-25(28)20(26)21-9-12-29-15-18-8-7-17(27-18)14-23(3)4/h7-8,13,28H,5-6,9-12,14-15H2,1-4H3,(H,21,26). The molecule has 2 heterocycles. The number of rotatable bonds is 12. The summed E-state index contributed by atoms with van der Waals surface area (Å²) in [6, 6.07) is 3.88. The predicted octanol–water partition coefficient (Wildman–Crippen LogP) is 3.59. The van der Waals surface area contributed by atoms with Crippen molar-refractivity contribution in [3.63, 3.8) is 0 Å². The molecule has 2 amide bonds. The van der Waals surface area contributed by atoms with Gasteiger partial charge in [-0.25, -0.2) is 9.78 Å². The molecule has 0 saturated carbocycles. The molecule has 2 rings (SSSR count). The topological polar surface area (TPSA) is 66.5 Å². The molecule has 0 unspecified atom stereocenters. The van der Waals surface area contributed by atoms with Gasteiger partial charge in [0.15, 0.2) is 0 Å². The highest BCUT2D eigenvalue weighted by Gasteiger charge is 2.10. The molecule has 0 saturated heterocycles. The van der Waals surface area contributed by atoms with Crippen molar-refractivity contribution >= 4 is 30.6 Å². The van der Waals surface area contributed by atoms with Crippen molar-refractivity contribution in [1.82, 2.24) is 24.1 Å². The third-order valence-electron chi connectivity index (χ3n) is 4.40. The van der Waals surface area contributed by atoms with Crippen LogP contribution in [0.1, 0.15) is 36.4 Å². The van der Waals surface area contributed by atoms with Crippen LogP contribution in [-0.2, 0) is 25.3 Å². The van der Waals surface area contributed by atoms with Gasteiger partial charge in [-0.1, -0.05) is 19.7 Å². The van der Waals surface area contributed by atoms with Crippen LogP contribution < -0.4 is 5.32 Å². The number of hydrogen-bond donors (Lipinski definition) is 2. The number of furan rings is 1. The summed E-state index contributed by atoms with van der Waals surface area (Å²) in [6.07, 6.45) is 3.64. The van der Waals surface area contributed by atoms with Crippen molar-refractivity contribution in [3.8, 4) is 0 Å². The smallest absolute Gasteiger partial charge is 0.327 e. The number of carbonyl (C=O) groups is 1. The van der Waals surface area contributed by atoms with Crippen molar-refractivity contribution in [2.24, 2.45) is 0 Å². The second kappa shape index (κ2) is 12.2. The second-order valence-electron chi connectivity index (χ2n) is 7.19. The van der Waals surface area contributed by atoms with Crippen molar-refractivity contribution in [2.75, 3.05) is 32.9 Å². The van der Waals surface area contributed by atoms with Crippen LogP contribution in [0.3, 0.4) is 0 Å². The Labute approximate surface area is 183 Å². The van der Waals surface area contributed by atoms with Gasteiger partial charge >= 0.3 is 6.03 Å². The van der Waals surface area contributed by atoms with E-state index in [1.54, 1.807) is 11.8 Å². The lowest BCUT2D eigenvalue weighted by molar-refractivity contribution is 0.226. The van der Waals surface area contributed by atoms with Crippen LogP contribution in [-0.4, -0.2) is 57.7 Å². The van der Waals surface area contributed by atoms with Gasteiger partial charge in [-0.15, -0.1) is 0 Å². The average Bonchev–Trinajstić information content (AvgIpc) is 3.27. The highest BCUT2D eigenvalue weighted by atomic mass is 32.2. The molecule has 2 aromatic rings. The van der Waals surface area contributed by atoms with E-state index in [1.807, 2.05) is 32.4 Å². The van der Waals surface area contributed by atoms with E-state index in [-0.39, 0.29) is 6.03 Å². The summed E-state index contributed by atoms with van der Waals surface area (Å²) in [5.74, 6) is 4.65. The molecule has 0 aliphatic heterocycles. The SMILES string of the molecule is CCc1ncc(C)n1CCCN(S)C(=O)NCCSCc1ccc(CN(C)C)o1. The lowest BCUT2D eigenvalue weighted by Crippen LogP contribution is -2.36. The maximum atomic E-state index is 12.2. The number of nitrogens with one attached hydrogen (secondary N) is 1. The molecular formula is C20H33N5O2S2. The molecule has 0 radical (unpaired) electrons. The molecule has 1 N–H and O–H groups in total. The highest BCUT2D eigenvalue weighted by molar-refractivity contribution is 7.98. The molecule has 0 aromatic carbocycles. The normalized spacial score (nSPS) is 11.2. The van der Waals surface area contributed by atoms with Gasteiger partial charge in [0.1, 0.15) is 17.3 Å². The molecule has 0 fully saturated rings. The number of imidazole rings is 1. The third-order valence-corrected chi connectivity index (χ3v) is 5.76. The number of aromatic nitrogens is 2. The molecule has 0 aliphatic rings. The van der Waals surface area contributed by atoms with Gasteiger partial charge in [-0.3, -0.25) is 4.31 Å². The fourth-order valence-corrected chi connectivity index (χ4v) is 3.93. The number of thioether (sulfide) groups is 1. The van der Waals surface area contributed by atoms with Crippen LogP contribution in [0.25, 0.3) is 0 Å². The highest BCUT2D eigenvalue weighted by Crippen LogP contribution is 2.16. The Morgan fingerprint density at radius 1 is 1.34 bits per heavy atom. The first-order valence-corrected chi connectivity index (χ1v) is 11.5. The van der Waals surface area contributed by atoms with E-state index in [2.05, 4.69) is 46.4 Å². The lowest BCUT2D eigenvalue weighted by Gasteiger charge is -2.17. The van der Waals surface area contributed by atoms with Gasteiger partial charge in [0.05, 0.1) is 12.3 Å². The van der Waals surface area contributed by atoms with Crippen LogP contribution >= 0.6 is 24.6 Å². The fraction of sp³-hybridized carbons (Fsp3) is 0.600. The summed E-state index contributed by atoms with van der Waals surface area (Å²) in [5.41, 5.74) is 1.15. The largest absolute Gasteiger partial charge is 0.464 e. The number of nitrogens with zero attached hydrogens (tertiary/aromatic N) is 4. The monoisotopic (exact) mass is 439 g/mol. The van der Waals surface area contributed by atoms with Gasteiger partial charge < -0.3 is 19.2 Å². The fourth-order valence-electron chi connectivity index (χ4n) is 2.97. The quantitative estimate of drug-likeness (QED) is 0.391. The van der Waals surface area contributed by atoms with E-state index in [0.29, 0.717) is 13.1 Å². The van der Waals surface area contributed by atoms with Crippen LogP contribution in [0.15, 0.2) is 22.7 Å². The van der Waals surface area contributed by atoms with Crippen molar-refractivity contribution in [1.29, 1.82) is 0 Å². The van der Waals surface area contributed by atoms with Crippen molar-refractivity contribution in [3.05, 3.63) is 41.4 Å². The second-order valence-corrected chi connectivity index (χ2v) is 8.78. The van der Waals surface area contributed by atoms with Crippen LogP contribution in [0.4, 0.5) is 4.79 Å². The minimum atomic E-state index is -0.154. The molecule has 0 aliphatic carbocycles. The number of thiol groups is 1. The minimum Gasteiger partial charge on any atom is -0.464 e. The number of amides is 2. The zero-order valence-corrected chi connectivity index (χ0v) is 19.6. The summed E-state index contributed by atoms with van der Waals surface area (Å²) >= 11 is 6.05. The van der Waals surface area contributed by atoms with E-state index in [1.165, 1.54) is 4.31 Å². The predicted molar refractivity (Wildman–Crippen MR) is 122 cm³/mol. The number of urea groups is 1. The Balaban J connectivity index is 1.58. The van der Waals surface area contributed by atoms with Crippen molar-refractivity contribution in [2.45, 2.75) is 45.5 Å². The average molecular weight is 440 g/mol. The summed E-state index contributed by atoms with van der Waals surface area (Å²) in [5, 5.41) is 2.91. The molecule has 0 atom stereocenters. The van der Waals surface area contributed by atoms with Gasteiger partial charge in [-0.05, 0) is 39.6 Å². The van der Waals surface area contributed by atoms with E-state index in [4.69, 9.17) is 4.42 Å². The van der Waals surface area contributed by atoms with E-state index in [9.17, 15) is 4.79 Å². The Hall–Kier alpha value is -1.58. The molecule has 9 heteroatoms. The Morgan fingerprint density at radius 2 is 2.10 bits per heavy atom. The maximum Gasteiger partial charge on any atom is 0.327 e. The zero-order valence-electron chi connectivity index (χ0n) is 17.8. The lowest BCUT2D eigenvalue weighted by atomic mass is 10.3. The number of aryl methyl sites for hydroxylation is 2. The summed E-state index contributed by atoms with van der Waals surface area (Å²) < 4.78 is 9.43. The zero-order chi connectivity index (χ0) is 21.2. The first-order chi connectivity index (χ1) is 13.9. The Kier molecular flexibility index (Phi) is 9.96. The third kappa shape index (κ3) is 7.98. The minimum absolute atomic E-state index is 0.154. The maximum absolute atomic E-state index is 12.2.